The van der Waals surface area contributed by atoms with Crippen molar-refractivity contribution in [3.63, 3.8) is 0 Å². The summed E-state index contributed by atoms with van der Waals surface area (Å²) >= 11 is 6.12. The maximum Gasteiger partial charge on any atom is 0.363 e. The lowest BCUT2D eigenvalue weighted by Gasteiger charge is -2.10. The molecule has 0 spiro atoms. The number of hydrogen-bond donors (Lipinski definition) is 0. The number of carbonyl (C=O) groups excluding carboxylic acids is 2. The first-order chi connectivity index (χ1) is 13.0. The third-order valence-electron chi connectivity index (χ3n) is 3.55. The van der Waals surface area contributed by atoms with Crippen LogP contribution in [0.5, 0.6) is 11.5 Å². The molecule has 0 radical (unpaired) electrons. The van der Waals surface area contributed by atoms with Crippen molar-refractivity contribution in [2.75, 3.05) is 6.61 Å². The van der Waals surface area contributed by atoms with E-state index in [0.29, 0.717) is 34.3 Å². The van der Waals surface area contributed by atoms with Gasteiger partial charge in [-0.1, -0.05) is 29.8 Å². The number of halogens is 1. The summed E-state index contributed by atoms with van der Waals surface area (Å²) in [6.07, 6.45) is 1.56. The van der Waals surface area contributed by atoms with E-state index in [2.05, 4.69) is 4.99 Å². The highest BCUT2D eigenvalue weighted by Gasteiger charge is 2.25. The van der Waals surface area contributed by atoms with Crippen molar-refractivity contribution in [1.29, 1.82) is 0 Å². The molecular weight excluding hydrogens is 370 g/mol. The van der Waals surface area contributed by atoms with Gasteiger partial charge in [-0.25, -0.2) is 9.79 Å². The van der Waals surface area contributed by atoms with E-state index in [0.717, 1.165) is 0 Å². The molecule has 1 aliphatic rings. The van der Waals surface area contributed by atoms with Gasteiger partial charge in [-0.3, -0.25) is 4.79 Å². The number of rotatable bonds is 5. The molecule has 1 heterocycles. The van der Waals surface area contributed by atoms with E-state index in [-0.39, 0.29) is 11.6 Å². The maximum atomic E-state index is 12.1. The van der Waals surface area contributed by atoms with Crippen LogP contribution in [0, 0.1) is 0 Å². The Morgan fingerprint density at radius 2 is 2.00 bits per heavy atom. The van der Waals surface area contributed by atoms with Gasteiger partial charge >= 0.3 is 11.9 Å². The Morgan fingerprint density at radius 3 is 2.70 bits per heavy atom. The van der Waals surface area contributed by atoms with Crippen LogP contribution in [-0.4, -0.2) is 24.4 Å². The van der Waals surface area contributed by atoms with Gasteiger partial charge in [0.1, 0.15) is 0 Å². The second kappa shape index (κ2) is 8.05. The monoisotopic (exact) mass is 385 g/mol. The summed E-state index contributed by atoms with van der Waals surface area (Å²) in [5.41, 5.74) is 1.31. The SMILES string of the molecule is CCOc1cc(/C=C2\N=C(c3ccccc3Cl)OC2=O)ccc1OC(C)=O. The molecule has 0 atom stereocenters. The van der Waals surface area contributed by atoms with E-state index in [4.69, 9.17) is 25.8 Å². The number of ether oxygens (including phenoxy) is 3. The molecule has 0 amide bonds. The molecule has 7 heteroatoms. The zero-order valence-electron chi connectivity index (χ0n) is 14.7. The molecule has 3 rings (SSSR count). The predicted molar refractivity (Wildman–Crippen MR) is 101 cm³/mol. The Balaban J connectivity index is 1.93. The summed E-state index contributed by atoms with van der Waals surface area (Å²) in [5.74, 6) is -0.176. The van der Waals surface area contributed by atoms with Gasteiger partial charge < -0.3 is 14.2 Å². The Bertz CT molecular complexity index is 965. The summed E-state index contributed by atoms with van der Waals surface area (Å²) in [6, 6.07) is 11.9. The minimum atomic E-state index is -0.577. The third kappa shape index (κ3) is 4.35. The number of hydrogen-bond acceptors (Lipinski definition) is 6. The highest BCUT2D eigenvalue weighted by molar-refractivity contribution is 6.34. The van der Waals surface area contributed by atoms with Gasteiger partial charge in [-0.2, -0.15) is 0 Å². The Morgan fingerprint density at radius 1 is 1.22 bits per heavy atom. The minimum absolute atomic E-state index is 0.132. The minimum Gasteiger partial charge on any atom is -0.490 e. The summed E-state index contributed by atoms with van der Waals surface area (Å²) < 4.78 is 15.8. The Labute approximate surface area is 161 Å². The van der Waals surface area contributed by atoms with Crippen LogP contribution in [0.25, 0.3) is 6.08 Å². The van der Waals surface area contributed by atoms with Crippen molar-refractivity contribution < 1.29 is 23.8 Å². The molecule has 138 valence electrons. The van der Waals surface area contributed by atoms with Crippen LogP contribution in [-0.2, 0) is 14.3 Å². The van der Waals surface area contributed by atoms with E-state index < -0.39 is 11.9 Å². The highest BCUT2D eigenvalue weighted by atomic mass is 35.5. The first-order valence-corrected chi connectivity index (χ1v) is 8.58. The van der Waals surface area contributed by atoms with Crippen LogP contribution >= 0.6 is 11.6 Å². The number of esters is 2. The van der Waals surface area contributed by atoms with E-state index in [1.54, 1.807) is 48.5 Å². The lowest BCUT2D eigenvalue weighted by Crippen LogP contribution is -2.06. The molecule has 2 aromatic rings. The Hall–Kier alpha value is -3.12. The molecule has 2 aromatic carbocycles. The van der Waals surface area contributed by atoms with Crippen molar-refractivity contribution in [2.45, 2.75) is 13.8 Å². The van der Waals surface area contributed by atoms with Crippen LogP contribution in [0.3, 0.4) is 0 Å². The zero-order valence-corrected chi connectivity index (χ0v) is 15.4. The topological polar surface area (TPSA) is 74.2 Å². The van der Waals surface area contributed by atoms with Crippen LogP contribution in [0.1, 0.15) is 25.0 Å². The van der Waals surface area contributed by atoms with Crippen molar-refractivity contribution in [2.24, 2.45) is 4.99 Å². The van der Waals surface area contributed by atoms with E-state index >= 15 is 0 Å². The fourth-order valence-electron chi connectivity index (χ4n) is 2.44. The number of benzene rings is 2. The molecule has 0 unspecified atom stereocenters. The van der Waals surface area contributed by atoms with E-state index in [1.165, 1.54) is 6.92 Å². The second-order valence-electron chi connectivity index (χ2n) is 5.55. The zero-order chi connectivity index (χ0) is 19.4. The lowest BCUT2D eigenvalue weighted by molar-refractivity contribution is -0.132. The van der Waals surface area contributed by atoms with Crippen LogP contribution in [0.15, 0.2) is 53.2 Å². The molecule has 0 saturated carbocycles. The number of aliphatic imine (C=N–C) groups is 1. The third-order valence-corrected chi connectivity index (χ3v) is 3.88. The predicted octanol–water partition coefficient (Wildman–Crippen LogP) is 4.01. The summed E-state index contributed by atoms with van der Waals surface area (Å²) in [7, 11) is 0. The molecule has 0 saturated heterocycles. The van der Waals surface area contributed by atoms with Gasteiger partial charge in [0, 0.05) is 6.92 Å². The Kier molecular flexibility index (Phi) is 5.57. The van der Waals surface area contributed by atoms with Crippen molar-refractivity contribution in [1.82, 2.24) is 0 Å². The fraction of sp³-hybridized carbons (Fsp3) is 0.150. The van der Waals surface area contributed by atoms with Gasteiger partial charge in [0.25, 0.3) is 0 Å². The van der Waals surface area contributed by atoms with Crippen LogP contribution in [0.4, 0.5) is 0 Å². The first kappa shape index (κ1) is 18.7. The van der Waals surface area contributed by atoms with Crippen molar-refractivity contribution in [3.8, 4) is 11.5 Å². The first-order valence-electron chi connectivity index (χ1n) is 8.20. The van der Waals surface area contributed by atoms with Crippen LogP contribution < -0.4 is 9.47 Å². The summed E-state index contributed by atoms with van der Waals surface area (Å²) in [6.45, 7) is 3.52. The highest BCUT2D eigenvalue weighted by Crippen LogP contribution is 2.30. The average molecular weight is 386 g/mol. The quantitative estimate of drug-likeness (QED) is 0.441. The van der Waals surface area contributed by atoms with Gasteiger partial charge in [-0.05, 0) is 42.8 Å². The van der Waals surface area contributed by atoms with Crippen molar-refractivity contribution in [3.05, 3.63) is 64.3 Å². The molecular formula is C20H16ClNO5. The normalized spacial score (nSPS) is 14.7. The molecule has 6 nitrogen and oxygen atoms in total. The van der Waals surface area contributed by atoms with Gasteiger partial charge in [0.15, 0.2) is 17.2 Å². The molecule has 0 fully saturated rings. The lowest BCUT2D eigenvalue weighted by atomic mass is 10.1. The van der Waals surface area contributed by atoms with Crippen molar-refractivity contribution >= 4 is 35.5 Å². The average Bonchev–Trinajstić information content (AvgIpc) is 2.98. The molecule has 27 heavy (non-hydrogen) atoms. The molecule has 0 bridgehead atoms. The smallest absolute Gasteiger partial charge is 0.363 e. The van der Waals surface area contributed by atoms with E-state index in [1.807, 2.05) is 6.92 Å². The number of carbonyl (C=O) groups is 2. The standard InChI is InChI=1S/C20H16ClNO5/c1-3-25-18-11-13(8-9-17(18)26-12(2)23)10-16-20(24)27-19(22-16)14-6-4-5-7-15(14)21/h4-11H,3H2,1-2H3/b16-10-. The molecule has 0 N–H and O–H groups in total. The number of nitrogens with zero attached hydrogens (tertiary/aromatic N) is 1. The van der Waals surface area contributed by atoms with Gasteiger partial charge in [0.05, 0.1) is 17.2 Å². The fourth-order valence-corrected chi connectivity index (χ4v) is 2.66. The van der Waals surface area contributed by atoms with E-state index in [9.17, 15) is 9.59 Å². The summed E-state index contributed by atoms with van der Waals surface area (Å²) in [5, 5.41) is 0.440. The number of cyclic esters (lactones) is 1. The molecule has 0 aliphatic carbocycles. The van der Waals surface area contributed by atoms with Gasteiger partial charge in [-0.15, -0.1) is 0 Å². The maximum absolute atomic E-state index is 12.1. The second-order valence-corrected chi connectivity index (χ2v) is 5.96. The largest absolute Gasteiger partial charge is 0.490 e. The molecule has 1 aliphatic heterocycles. The van der Waals surface area contributed by atoms with Gasteiger partial charge in [0.2, 0.25) is 5.90 Å². The summed E-state index contributed by atoms with van der Waals surface area (Å²) in [4.78, 5) is 27.6. The molecule has 0 aromatic heterocycles. The van der Waals surface area contributed by atoms with Crippen LogP contribution in [0.2, 0.25) is 5.02 Å².